The maximum Gasteiger partial charge on any atom is 0.149 e. The zero-order valence-corrected chi connectivity index (χ0v) is 24.8. The van der Waals surface area contributed by atoms with Gasteiger partial charge in [0.1, 0.15) is 12.1 Å². The Morgan fingerprint density at radius 2 is 0.957 bits per heavy atom. The lowest BCUT2D eigenvalue weighted by molar-refractivity contribution is 1.07. The second-order valence-electron chi connectivity index (χ2n) is 11.9. The topological polar surface area (TPSA) is 35.6 Å². The molecule has 10 rings (SSSR count). The van der Waals surface area contributed by atoms with Gasteiger partial charge in [-0.05, 0) is 76.5 Å². The summed E-state index contributed by atoms with van der Waals surface area (Å²) in [7, 11) is 0. The van der Waals surface area contributed by atoms with Crippen molar-refractivity contribution < 1.29 is 0 Å². The minimum Gasteiger partial charge on any atom is -0.309 e. The quantitative estimate of drug-likeness (QED) is 0.193. The highest BCUT2D eigenvalue weighted by molar-refractivity contribution is 6.15. The first-order chi connectivity index (χ1) is 22.8. The Morgan fingerprint density at radius 3 is 1.67 bits per heavy atom. The third-order valence-electron chi connectivity index (χ3n) is 9.41. The first-order valence-electron chi connectivity index (χ1n) is 15.6. The third-order valence-corrected chi connectivity index (χ3v) is 9.41. The van der Waals surface area contributed by atoms with Crippen LogP contribution in [0.25, 0.3) is 87.9 Å². The summed E-state index contributed by atoms with van der Waals surface area (Å²) < 4.78 is 4.67. The Balaban J connectivity index is 1.21. The second-order valence-corrected chi connectivity index (χ2v) is 11.9. The van der Waals surface area contributed by atoms with Crippen LogP contribution in [0.3, 0.4) is 0 Å². The van der Waals surface area contributed by atoms with Crippen molar-refractivity contribution in [3.8, 4) is 22.6 Å². The molecule has 0 unspecified atom stereocenters. The third kappa shape index (κ3) is 3.55. The maximum atomic E-state index is 4.92. The van der Waals surface area contributed by atoms with Crippen molar-refractivity contribution in [2.75, 3.05) is 0 Å². The molecule has 0 aliphatic carbocycles. The molecule has 3 aromatic heterocycles. The highest BCUT2D eigenvalue weighted by Gasteiger charge is 2.18. The molecule has 0 aliphatic heterocycles. The van der Waals surface area contributed by atoms with Gasteiger partial charge in [-0.3, -0.25) is 4.57 Å². The summed E-state index contributed by atoms with van der Waals surface area (Å²) in [5, 5.41) is 8.30. The van der Waals surface area contributed by atoms with E-state index in [0.717, 1.165) is 33.1 Å². The molecule has 0 radical (unpaired) electrons. The largest absolute Gasteiger partial charge is 0.309 e. The van der Waals surface area contributed by atoms with Crippen LogP contribution in [0.1, 0.15) is 0 Å². The monoisotopic (exact) mass is 586 g/mol. The normalized spacial score (nSPS) is 11.9. The van der Waals surface area contributed by atoms with Gasteiger partial charge in [-0.15, -0.1) is 0 Å². The van der Waals surface area contributed by atoms with E-state index in [4.69, 9.17) is 4.98 Å². The van der Waals surface area contributed by atoms with Gasteiger partial charge in [0, 0.05) is 27.2 Å². The summed E-state index contributed by atoms with van der Waals surface area (Å²) in [6.07, 6.45) is 1.68. The number of aromatic nitrogens is 4. The lowest BCUT2D eigenvalue weighted by Crippen LogP contribution is -2.00. The van der Waals surface area contributed by atoms with E-state index in [2.05, 4.69) is 166 Å². The lowest BCUT2D eigenvalue weighted by atomic mass is 10.0. The molecular weight excluding hydrogens is 560 g/mol. The first-order valence-corrected chi connectivity index (χ1v) is 15.6. The van der Waals surface area contributed by atoms with Gasteiger partial charge in [-0.1, -0.05) is 97.1 Å². The summed E-state index contributed by atoms with van der Waals surface area (Å²) in [5.74, 6) is 0.899. The molecule has 7 aromatic carbocycles. The minimum absolute atomic E-state index is 0.899. The van der Waals surface area contributed by atoms with E-state index >= 15 is 0 Å². The lowest BCUT2D eigenvalue weighted by Gasteiger charge is -2.12. The Bertz CT molecular complexity index is 2810. The van der Waals surface area contributed by atoms with E-state index in [1.54, 1.807) is 6.33 Å². The maximum absolute atomic E-state index is 4.92. The Kier molecular flexibility index (Phi) is 5.25. The first kappa shape index (κ1) is 25.1. The van der Waals surface area contributed by atoms with E-state index in [9.17, 15) is 0 Å². The number of fused-ring (bicyclic) bond motifs is 9. The van der Waals surface area contributed by atoms with Crippen molar-refractivity contribution in [2.24, 2.45) is 0 Å². The van der Waals surface area contributed by atoms with Crippen LogP contribution in [0.15, 0.2) is 158 Å². The summed E-state index contributed by atoms with van der Waals surface area (Å²) >= 11 is 0. The number of para-hydroxylation sites is 3. The van der Waals surface area contributed by atoms with Gasteiger partial charge < -0.3 is 4.57 Å². The molecule has 4 heteroatoms. The summed E-state index contributed by atoms with van der Waals surface area (Å²) in [5.41, 5.74) is 9.16. The van der Waals surface area contributed by atoms with Gasteiger partial charge >= 0.3 is 0 Å². The van der Waals surface area contributed by atoms with Crippen LogP contribution in [0.2, 0.25) is 0 Å². The molecule has 3 heterocycles. The Hall–Kier alpha value is -6.26. The fourth-order valence-electron chi connectivity index (χ4n) is 7.37. The van der Waals surface area contributed by atoms with Gasteiger partial charge in [0.15, 0.2) is 0 Å². The molecule has 0 atom stereocenters. The average Bonchev–Trinajstić information content (AvgIpc) is 3.64. The van der Waals surface area contributed by atoms with Gasteiger partial charge in [-0.25, -0.2) is 9.97 Å². The number of rotatable bonds is 3. The molecule has 46 heavy (non-hydrogen) atoms. The number of hydrogen-bond acceptors (Lipinski definition) is 2. The predicted octanol–water partition coefficient (Wildman–Crippen LogP) is 10.6. The van der Waals surface area contributed by atoms with Crippen LogP contribution in [-0.4, -0.2) is 19.1 Å². The summed E-state index contributed by atoms with van der Waals surface area (Å²) in [4.78, 5) is 9.58. The molecule has 10 aromatic rings. The molecule has 0 aliphatic rings. The van der Waals surface area contributed by atoms with Crippen LogP contribution >= 0.6 is 0 Å². The van der Waals surface area contributed by atoms with E-state index in [1.807, 2.05) is 0 Å². The molecule has 4 nitrogen and oxygen atoms in total. The van der Waals surface area contributed by atoms with E-state index < -0.39 is 0 Å². The zero-order valence-electron chi connectivity index (χ0n) is 24.8. The summed E-state index contributed by atoms with van der Waals surface area (Å²) in [6.45, 7) is 0. The van der Waals surface area contributed by atoms with E-state index in [-0.39, 0.29) is 0 Å². The molecule has 0 saturated carbocycles. The van der Waals surface area contributed by atoms with Gasteiger partial charge in [0.2, 0.25) is 0 Å². The van der Waals surface area contributed by atoms with Gasteiger partial charge in [0.25, 0.3) is 0 Å². The predicted molar refractivity (Wildman–Crippen MR) is 191 cm³/mol. The van der Waals surface area contributed by atoms with Crippen molar-refractivity contribution in [3.63, 3.8) is 0 Å². The van der Waals surface area contributed by atoms with Crippen molar-refractivity contribution >= 4 is 65.3 Å². The zero-order chi connectivity index (χ0) is 30.2. The molecule has 0 amide bonds. The molecule has 0 spiro atoms. The van der Waals surface area contributed by atoms with Gasteiger partial charge in [0.05, 0.1) is 33.0 Å². The van der Waals surface area contributed by atoms with Crippen molar-refractivity contribution in [1.29, 1.82) is 0 Å². The SMILES string of the molecule is c1ccc(-n2c3ccccc3c3cc(-c4ccc5c(c4)c4ccccc4n5-c4ncnc5ccc6ccccc6c45)ccc32)cc1. The molecule has 0 bridgehead atoms. The number of hydrogen-bond donors (Lipinski definition) is 0. The van der Waals surface area contributed by atoms with Crippen LogP contribution in [0, 0.1) is 0 Å². The molecule has 0 saturated heterocycles. The Labute approximate surface area is 264 Å². The highest BCUT2D eigenvalue weighted by Crippen LogP contribution is 2.39. The second kappa shape index (κ2) is 9.62. The van der Waals surface area contributed by atoms with Crippen LogP contribution in [0.4, 0.5) is 0 Å². The molecule has 0 N–H and O–H groups in total. The fraction of sp³-hybridized carbons (Fsp3) is 0. The smallest absolute Gasteiger partial charge is 0.149 e. The van der Waals surface area contributed by atoms with Crippen molar-refractivity contribution in [1.82, 2.24) is 19.1 Å². The summed E-state index contributed by atoms with van der Waals surface area (Å²) in [6, 6.07) is 54.4. The van der Waals surface area contributed by atoms with E-state index in [0.29, 0.717) is 0 Å². The van der Waals surface area contributed by atoms with Crippen molar-refractivity contribution in [3.05, 3.63) is 158 Å². The highest BCUT2D eigenvalue weighted by atomic mass is 15.1. The Morgan fingerprint density at radius 1 is 0.391 bits per heavy atom. The number of benzene rings is 7. The van der Waals surface area contributed by atoms with Crippen LogP contribution in [-0.2, 0) is 0 Å². The molecule has 214 valence electrons. The number of nitrogens with zero attached hydrogens (tertiary/aromatic N) is 4. The molecular formula is C42H26N4. The minimum atomic E-state index is 0.899. The standard InChI is InChI=1S/C42H26N4/c1-2-11-30(12-3-1)45-37-16-8-6-14-32(37)34-24-28(19-22-39(34)45)29-20-23-40-35(25-29)33-15-7-9-17-38(33)46(40)42-41-31-13-5-4-10-27(31)18-21-36(41)43-26-44-42/h1-26H. The molecule has 0 fully saturated rings. The van der Waals surface area contributed by atoms with E-state index in [1.165, 1.54) is 54.8 Å². The van der Waals surface area contributed by atoms with Crippen molar-refractivity contribution in [2.45, 2.75) is 0 Å². The van der Waals surface area contributed by atoms with Crippen LogP contribution < -0.4 is 0 Å². The van der Waals surface area contributed by atoms with Crippen LogP contribution in [0.5, 0.6) is 0 Å². The van der Waals surface area contributed by atoms with Gasteiger partial charge in [-0.2, -0.15) is 0 Å². The fourth-order valence-corrected chi connectivity index (χ4v) is 7.37. The average molecular weight is 587 g/mol.